The summed E-state index contributed by atoms with van der Waals surface area (Å²) in [5.74, 6) is -0.386. The van der Waals surface area contributed by atoms with Crippen molar-refractivity contribution in [1.29, 1.82) is 0 Å². The quantitative estimate of drug-likeness (QED) is 0.299. The first-order chi connectivity index (χ1) is 10.6. The SMILES string of the molecule is C=CC(=O)Oc1ccc(CCCCCC)c(OC(=O)C=C)c1. The normalized spacial score (nSPS) is 9.86. The highest BCUT2D eigenvalue weighted by Gasteiger charge is 2.10. The smallest absolute Gasteiger partial charge is 0.335 e. The molecule has 1 aromatic carbocycles. The minimum atomic E-state index is -0.559. The molecular weight excluding hydrogens is 280 g/mol. The van der Waals surface area contributed by atoms with Crippen LogP contribution in [-0.2, 0) is 16.0 Å². The van der Waals surface area contributed by atoms with Crippen molar-refractivity contribution in [2.45, 2.75) is 39.0 Å². The summed E-state index contributed by atoms with van der Waals surface area (Å²) < 4.78 is 10.3. The highest BCUT2D eigenvalue weighted by Crippen LogP contribution is 2.27. The summed E-state index contributed by atoms with van der Waals surface area (Å²) in [5.41, 5.74) is 0.907. The lowest BCUT2D eigenvalue weighted by molar-refractivity contribution is -0.129. The molecule has 0 saturated heterocycles. The van der Waals surface area contributed by atoms with Gasteiger partial charge in [0.15, 0.2) is 0 Å². The van der Waals surface area contributed by atoms with Gasteiger partial charge in [0.2, 0.25) is 0 Å². The Bertz CT molecular complexity index is 546. The molecule has 0 amide bonds. The molecule has 0 atom stereocenters. The molecule has 0 saturated carbocycles. The van der Waals surface area contributed by atoms with Crippen molar-refractivity contribution in [3.8, 4) is 11.5 Å². The molecule has 0 spiro atoms. The molecule has 0 aliphatic carbocycles. The molecule has 0 fully saturated rings. The van der Waals surface area contributed by atoms with Crippen LogP contribution in [0.1, 0.15) is 38.2 Å². The van der Waals surface area contributed by atoms with Crippen LogP contribution in [0.5, 0.6) is 11.5 Å². The summed E-state index contributed by atoms with van der Waals surface area (Å²) in [7, 11) is 0. The van der Waals surface area contributed by atoms with Crippen molar-refractivity contribution in [1.82, 2.24) is 0 Å². The fourth-order valence-corrected chi connectivity index (χ4v) is 1.95. The number of aryl methyl sites for hydroxylation is 1. The zero-order valence-electron chi connectivity index (χ0n) is 13.0. The molecule has 0 bridgehead atoms. The molecule has 0 N–H and O–H groups in total. The van der Waals surface area contributed by atoms with Gasteiger partial charge in [-0.2, -0.15) is 0 Å². The van der Waals surface area contributed by atoms with Gasteiger partial charge in [0.25, 0.3) is 0 Å². The highest BCUT2D eigenvalue weighted by molar-refractivity contribution is 5.84. The Morgan fingerprint density at radius 3 is 2.36 bits per heavy atom. The topological polar surface area (TPSA) is 52.6 Å². The summed E-state index contributed by atoms with van der Waals surface area (Å²) >= 11 is 0. The second-order valence-electron chi connectivity index (χ2n) is 4.83. The molecule has 118 valence electrons. The van der Waals surface area contributed by atoms with Gasteiger partial charge in [-0.3, -0.25) is 0 Å². The van der Waals surface area contributed by atoms with E-state index in [1.807, 2.05) is 6.07 Å². The maximum atomic E-state index is 11.4. The van der Waals surface area contributed by atoms with Crippen molar-refractivity contribution in [3.63, 3.8) is 0 Å². The van der Waals surface area contributed by atoms with E-state index in [1.165, 1.54) is 12.5 Å². The van der Waals surface area contributed by atoms with Crippen LogP contribution in [0.15, 0.2) is 43.5 Å². The van der Waals surface area contributed by atoms with Crippen molar-refractivity contribution in [2.75, 3.05) is 0 Å². The standard InChI is InChI=1S/C18H22O4/c1-4-7-8-9-10-14-11-12-15(21-17(19)5-2)13-16(14)22-18(20)6-3/h5-6,11-13H,2-4,7-10H2,1H3. The van der Waals surface area contributed by atoms with Gasteiger partial charge in [0.05, 0.1) is 0 Å². The van der Waals surface area contributed by atoms with Crippen molar-refractivity contribution >= 4 is 11.9 Å². The molecule has 0 unspecified atom stereocenters. The molecule has 0 heterocycles. The van der Waals surface area contributed by atoms with Crippen LogP contribution in [0.3, 0.4) is 0 Å². The number of rotatable bonds is 9. The third-order valence-electron chi connectivity index (χ3n) is 3.10. The van der Waals surface area contributed by atoms with Crippen LogP contribution in [0.25, 0.3) is 0 Å². The lowest BCUT2D eigenvalue weighted by Gasteiger charge is -2.11. The van der Waals surface area contributed by atoms with Crippen molar-refractivity contribution in [2.24, 2.45) is 0 Å². The van der Waals surface area contributed by atoms with E-state index in [4.69, 9.17) is 9.47 Å². The van der Waals surface area contributed by atoms with Crippen molar-refractivity contribution < 1.29 is 19.1 Å². The van der Waals surface area contributed by atoms with Crippen LogP contribution in [0, 0.1) is 0 Å². The second-order valence-corrected chi connectivity index (χ2v) is 4.83. The average molecular weight is 302 g/mol. The Labute approximate surface area is 131 Å². The Morgan fingerprint density at radius 2 is 1.73 bits per heavy atom. The molecule has 1 rings (SSSR count). The van der Waals surface area contributed by atoms with Crippen LogP contribution in [0.2, 0.25) is 0 Å². The van der Waals surface area contributed by atoms with E-state index >= 15 is 0 Å². The summed E-state index contributed by atoms with van der Waals surface area (Å²) in [6, 6.07) is 5.03. The molecule has 0 aliphatic rings. The molecule has 0 radical (unpaired) electrons. The summed E-state index contributed by atoms with van der Waals surface area (Å²) in [5, 5.41) is 0. The monoisotopic (exact) mass is 302 g/mol. The van der Waals surface area contributed by atoms with Crippen LogP contribution in [-0.4, -0.2) is 11.9 Å². The first kappa shape index (κ1) is 17.7. The molecule has 4 nitrogen and oxygen atoms in total. The number of carbonyl (C=O) groups is 2. The molecule has 1 aromatic rings. The van der Waals surface area contributed by atoms with E-state index in [1.54, 1.807) is 6.07 Å². The molecule has 4 heteroatoms. The van der Waals surface area contributed by atoms with Gasteiger partial charge in [-0.1, -0.05) is 45.4 Å². The molecule has 0 aliphatic heterocycles. The van der Waals surface area contributed by atoms with E-state index in [0.717, 1.165) is 43.4 Å². The van der Waals surface area contributed by atoms with E-state index in [2.05, 4.69) is 20.1 Å². The number of carbonyl (C=O) groups excluding carboxylic acids is 2. The Hall–Kier alpha value is -2.36. The zero-order chi connectivity index (χ0) is 16.4. The number of hydrogen-bond donors (Lipinski definition) is 0. The fraction of sp³-hybridized carbons (Fsp3) is 0.333. The Kier molecular flexibility index (Phi) is 7.68. The highest BCUT2D eigenvalue weighted by atomic mass is 16.5. The first-order valence-corrected chi connectivity index (χ1v) is 7.42. The van der Waals surface area contributed by atoms with Crippen LogP contribution < -0.4 is 9.47 Å². The summed E-state index contributed by atoms with van der Waals surface area (Å²) in [4.78, 5) is 22.7. The summed E-state index contributed by atoms with van der Waals surface area (Å²) in [6.45, 7) is 8.88. The van der Waals surface area contributed by atoms with Gasteiger partial charge in [-0.25, -0.2) is 9.59 Å². The van der Waals surface area contributed by atoms with Gasteiger partial charge < -0.3 is 9.47 Å². The lowest BCUT2D eigenvalue weighted by Crippen LogP contribution is -2.07. The van der Waals surface area contributed by atoms with E-state index in [9.17, 15) is 9.59 Å². The van der Waals surface area contributed by atoms with Crippen LogP contribution >= 0.6 is 0 Å². The molecule has 22 heavy (non-hydrogen) atoms. The Morgan fingerprint density at radius 1 is 1.05 bits per heavy atom. The molecule has 0 aromatic heterocycles. The van der Waals surface area contributed by atoms with Gasteiger partial charge in [0, 0.05) is 18.2 Å². The fourth-order valence-electron chi connectivity index (χ4n) is 1.95. The number of ether oxygens (including phenoxy) is 2. The third-order valence-corrected chi connectivity index (χ3v) is 3.10. The van der Waals surface area contributed by atoms with Crippen LogP contribution in [0.4, 0.5) is 0 Å². The van der Waals surface area contributed by atoms with E-state index in [-0.39, 0.29) is 0 Å². The minimum Gasteiger partial charge on any atom is -0.423 e. The predicted octanol–water partition coefficient (Wildman–Crippen LogP) is 3.99. The number of benzene rings is 1. The van der Waals surface area contributed by atoms with Gasteiger partial charge in [0.1, 0.15) is 11.5 Å². The number of hydrogen-bond acceptors (Lipinski definition) is 4. The van der Waals surface area contributed by atoms with Gasteiger partial charge in [-0.05, 0) is 24.5 Å². The van der Waals surface area contributed by atoms with Gasteiger partial charge in [-0.15, -0.1) is 0 Å². The maximum Gasteiger partial charge on any atom is 0.335 e. The summed E-state index contributed by atoms with van der Waals surface area (Å²) in [6.07, 6.45) is 7.45. The Balaban J connectivity index is 2.88. The minimum absolute atomic E-state index is 0.314. The predicted molar refractivity (Wildman–Crippen MR) is 86.0 cm³/mol. The largest absolute Gasteiger partial charge is 0.423 e. The lowest BCUT2D eigenvalue weighted by atomic mass is 10.1. The van der Waals surface area contributed by atoms with E-state index < -0.39 is 11.9 Å². The van der Waals surface area contributed by atoms with E-state index in [0.29, 0.717) is 11.5 Å². The molecular formula is C18H22O4. The average Bonchev–Trinajstić information content (AvgIpc) is 2.52. The third kappa shape index (κ3) is 5.95. The second kappa shape index (κ2) is 9.55. The maximum absolute atomic E-state index is 11.4. The number of unbranched alkanes of at least 4 members (excludes halogenated alkanes) is 3. The van der Waals surface area contributed by atoms with Crippen molar-refractivity contribution in [3.05, 3.63) is 49.1 Å². The zero-order valence-corrected chi connectivity index (χ0v) is 13.0. The number of esters is 2. The first-order valence-electron chi connectivity index (χ1n) is 7.42. The van der Waals surface area contributed by atoms with Gasteiger partial charge >= 0.3 is 11.9 Å².